The van der Waals surface area contributed by atoms with E-state index in [1.807, 2.05) is 36.7 Å². The van der Waals surface area contributed by atoms with E-state index in [0.717, 1.165) is 22.4 Å². The van der Waals surface area contributed by atoms with E-state index >= 15 is 0 Å². The number of nitrogens with zero attached hydrogens (tertiary/aromatic N) is 2. The molecular weight excluding hydrogens is 244 g/mol. The van der Waals surface area contributed by atoms with Crippen LogP contribution in [0, 0.1) is 6.92 Å². The Morgan fingerprint density at radius 1 is 1.32 bits per heavy atom. The van der Waals surface area contributed by atoms with Gasteiger partial charge in [0.2, 0.25) is 0 Å². The Hall–Kier alpha value is -2.37. The summed E-state index contributed by atoms with van der Waals surface area (Å²) in [5.74, 6) is -0.229. The van der Waals surface area contributed by atoms with Gasteiger partial charge in [-0.15, -0.1) is 0 Å². The maximum Gasteiger partial charge on any atom is 0.309 e. The van der Waals surface area contributed by atoms with Crippen LogP contribution in [0.25, 0.3) is 11.0 Å². The number of aromatic nitrogens is 2. The van der Waals surface area contributed by atoms with Gasteiger partial charge in [-0.25, -0.2) is 4.98 Å². The molecule has 1 unspecified atom stereocenters. The number of benzene rings is 1. The average Bonchev–Trinajstić information content (AvgIpc) is 2.68. The van der Waals surface area contributed by atoms with E-state index in [1.54, 1.807) is 0 Å². The first-order valence-electron chi connectivity index (χ1n) is 6.08. The molecule has 0 radical (unpaired) electrons. The van der Waals surface area contributed by atoms with Gasteiger partial charge in [0.25, 0.3) is 0 Å². The van der Waals surface area contributed by atoms with Crippen LogP contribution in [0.4, 0.5) is 0 Å². The van der Waals surface area contributed by atoms with E-state index in [9.17, 15) is 9.59 Å². The first-order chi connectivity index (χ1) is 9.06. The minimum atomic E-state index is -0.589. The lowest BCUT2D eigenvalue weighted by molar-refractivity contribution is -0.141. The zero-order valence-corrected chi connectivity index (χ0v) is 10.7. The molecule has 0 bridgehead atoms. The minimum absolute atomic E-state index is 0.197. The summed E-state index contributed by atoms with van der Waals surface area (Å²) in [5.41, 5.74) is 2.88. The average molecular weight is 258 g/mol. The topological polar surface area (TPSA) is 76.0 Å². The first kappa shape index (κ1) is 11.7. The van der Waals surface area contributed by atoms with Gasteiger partial charge in [-0.2, -0.15) is 0 Å². The molecule has 1 saturated heterocycles. The Morgan fingerprint density at radius 3 is 2.84 bits per heavy atom. The third-order valence-electron chi connectivity index (χ3n) is 3.51. The highest BCUT2D eigenvalue weighted by Gasteiger charge is 2.26. The van der Waals surface area contributed by atoms with Crippen molar-refractivity contribution in [1.29, 1.82) is 0 Å². The van der Waals surface area contributed by atoms with Gasteiger partial charge in [-0.05, 0) is 24.6 Å². The van der Waals surface area contributed by atoms with E-state index in [0.29, 0.717) is 6.54 Å². The third kappa shape index (κ3) is 1.85. The molecule has 6 nitrogen and oxygen atoms in total. The van der Waals surface area contributed by atoms with Crippen LogP contribution in [-0.2, 0) is 16.6 Å². The van der Waals surface area contributed by atoms with E-state index in [2.05, 4.69) is 15.6 Å². The molecule has 2 N–H and O–H groups in total. The summed E-state index contributed by atoms with van der Waals surface area (Å²) in [4.78, 5) is 26.9. The fourth-order valence-electron chi connectivity index (χ4n) is 2.31. The summed E-state index contributed by atoms with van der Waals surface area (Å²) in [6, 6.07) is 5.68. The quantitative estimate of drug-likeness (QED) is 0.716. The molecule has 0 aliphatic carbocycles. The molecule has 2 amide bonds. The van der Waals surface area contributed by atoms with Crippen molar-refractivity contribution in [3.05, 3.63) is 29.6 Å². The van der Waals surface area contributed by atoms with Crippen molar-refractivity contribution < 1.29 is 9.59 Å². The SMILES string of the molecule is Cc1nc2cc(C3CNC(=O)C(=O)N3)ccc2n1C. The molecule has 3 rings (SSSR count). The summed E-state index contributed by atoms with van der Waals surface area (Å²) in [7, 11) is 1.97. The Balaban J connectivity index is 1.97. The fourth-order valence-corrected chi connectivity index (χ4v) is 2.31. The molecule has 6 heteroatoms. The summed E-state index contributed by atoms with van der Waals surface area (Å²) in [6.07, 6.45) is 0. The fraction of sp³-hybridized carbons (Fsp3) is 0.308. The van der Waals surface area contributed by atoms with Crippen LogP contribution in [-0.4, -0.2) is 27.9 Å². The highest BCUT2D eigenvalue weighted by molar-refractivity contribution is 6.35. The highest BCUT2D eigenvalue weighted by atomic mass is 16.2. The molecule has 2 aromatic rings. The molecule has 1 atom stereocenters. The number of rotatable bonds is 1. The lowest BCUT2D eigenvalue weighted by Crippen LogP contribution is -2.51. The Kier molecular flexibility index (Phi) is 2.51. The van der Waals surface area contributed by atoms with Crippen molar-refractivity contribution >= 4 is 22.8 Å². The van der Waals surface area contributed by atoms with Crippen LogP contribution in [0.3, 0.4) is 0 Å². The normalized spacial score (nSPS) is 19.4. The molecule has 0 saturated carbocycles. The molecular formula is C13H14N4O2. The Bertz CT molecular complexity index is 689. The van der Waals surface area contributed by atoms with E-state index in [4.69, 9.17) is 0 Å². The number of carbonyl (C=O) groups excluding carboxylic acids is 2. The first-order valence-corrected chi connectivity index (χ1v) is 6.08. The predicted octanol–water partition coefficient (Wildman–Crippen LogP) is 0.169. The van der Waals surface area contributed by atoms with Crippen molar-refractivity contribution in [3.8, 4) is 0 Å². The van der Waals surface area contributed by atoms with Crippen molar-refractivity contribution in [2.75, 3.05) is 6.54 Å². The van der Waals surface area contributed by atoms with E-state index in [1.165, 1.54) is 0 Å². The number of fused-ring (bicyclic) bond motifs is 1. The number of carbonyl (C=O) groups is 2. The van der Waals surface area contributed by atoms with Crippen molar-refractivity contribution in [2.24, 2.45) is 7.05 Å². The predicted molar refractivity (Wildman–Crippen MR) is 69.3 cm³/mol. The van der Waals surface area contributed by atoms with Gasteiger partial charge in [0.05, 0.1) is 17.1 Å². The van der Waals surface area contributed by atoms with Gasteiger partial charge in [0, 0.05) is 13.6 Å². The van der Waals surface area contributed by atoms with Crippen LogP contribution in [0.5, 0.6) is 0 Å². The highest BCUT2D eigenvalue weighted by Crippen LogP contribution is 2.21. The zero-order valence-electron chi connectivity index (χ0n) is 10.7. The summed E-state index contributed by atoms with van der Waals surface area (Å²) >= 11 is 0. The van der Waals surface area contributed by atoms with Crippen LogP contribution in [0.2, 0.25) is 0 Å². The van der Waals surface area contributed by atoms with Gasteiger partial charge in [-0.3, -0.25) is 9.59 Å². The van der Waals surface area contributed by atoms with Crippen LogP contribution < -0.4 is 10.6 Å². The maximum atomic E-state index is 11.4. The second-order valence-electron chi connectivity index (χ2n) is 4.70. The molecule has 1 aliphatic heterocycles. The number of hydrogen-bond donors (Lipinski definition) is 2. The Morgan fingerprint density at radius 2 is 2.11 bits per heavy atom. The lowest BCUT2D eigenvalue weighted by Gasteiger charge is -2.23. The van der Waals surface area contributed by atoms with Gasteiger partial charge >= 0.3 is 11.8 Å². The number of aryl methyl sites for hydroxylation is 2. The Labute approximate surface area is 109 Å². The third-order valence-corrected chi connectivity index (χ3v) is 3.51. The van der Waals surface area contributed by atoms with Crippen molar-refractivity contribution in [2.45, 2.75) is 13.0 Å². The summed E-state index contributed by atoms with van der Waals surface area (Å²) in [5, 5.41) is 5.25. The monoisotopic (exact) mass is 258 g/mol. The van der Waals surface area contributed by atoms with Gasteiger partial charge < -0.3 is 15.2 Å². The molecule has 1 aliphatic rings. The summed E-state index contributed by atoms with van der Waals surface area (Å²) in [6.45, 7) is 2.35. The lowest BCUT2D eigenvalue weighted by atomic mass is 10.0. The number of piperazine rings is 1. The second kappa shape index (κ2) is 4.08. The van der Waals surface area contributed by atoms with Crippen LogP contribution in [0.1, 0.15) is 17.4 Å². The maximum absolute atomic E-state index is 11.4. The van der Waals surface area contributed by atoms with Crippen LogP contribution >= 0.6 is 0 Å². The van der Waals surface area contributed by atoms with Gasteiger partial charge in [0.1, 0.15) is 5.82 Å². The van der Waals surface area contributed by atoms with Gasteiger partial charge in [0.15, 0.2) is 0 Å². The molecule has 1 fully saturated rings. The van der Waals surface area contributed by atoms with Gasteiger partial charge in [-0.1, -0.05) is 6.07 Å². The largest absolute Gasteiger partial charge is 0.345 e. The smallest absolute Gasteiger partial charge is 0.309 e. The van der Waals surface area contributed by atoms with Crippen molar-refractivity contribution in [3.63, 3.8) is 0 Å². The number of hydrogen-bond acceptors (Lipinski definition) is 3. The standard InChI is InChI=1S/C13H14N4O2/c1-7-15-9-5-8(3-4-11(9)17(7)2)10-6-14-12(18)13(19)16-10/h3-5,10H,6H2,1-2H3,(H,14,18)(H,16,19). The number of imidazole rings is 1. The molecule has 0 spiro atoms. The minimum Gasteiger partial charge on any atom is -0.345 e. The number of nitrogens with one attached hydrogen (secondary N) is 2. The molecule has 1 aromatic carbocycles. The molecule has 1 aromatic heterocycles. The summed E-state index contributed by atoms with van der Waals surface area (Å²) < 4.78 is 2.01. The molecule has 98 valence electrons. The van der Waals surface area contributed by atoms with Crippen molar-refractivity contribution in [1.82, 2.24) is 20.2 Å². The van der Waals surface area contributed by atoms with E-state index in [-0.39, 0.29) is 6.04 Å². The van der Waals surface area contributed by atoms with E-state index < -0.39 is 11.8 Å². The second-order valence-corrected chi connectivity index (χ2v) is 4.70. The van der Waals surface area contributed by atoms with Crippen LogP contribution in [0.15, 0.2) is 18.2 Å². The molecule has 19 heavy (non-hydrogen) atoms. The molecule has 2 heterocycles. The number of amides is 2. The zero-order chi connectivity index (χ0) is 13.6.